The van der Waals surface area contributed by atoms with Crippen LogP contribution in [-0.4, -0.2) is 26.2 Å². The van der Waals surface area contributed by atoms with Gasteiger partial charge in [0.25, 0.3) is 0 Å². The van der Waals surface area contributed by atoms with Gasteiger partial charge in [-0.15, -0.1) is 0 Å². The summed E-state index contributed by atoms with van der Waals surface area (Å²) < 4.78 is 9.10. The van der Waals surface area contributed by atoms with E-state index < -0.39 is 11.4 Å². The second-order valence-electron chi connectivity index (χ2n) is 3.16. The highest BCUT2D eigenvalue weighted by molar-refractivity contribution is 5.82. The molecule has 0 N–H and O–H groups in total. The van der Waals surface area contributed by atoms with Crippen LogP contribution in [0, 0.1) is 5.41 Å². The minimum Gasteiger partial charge on any atom is -0.469 e. The van der Waals surface area contributed by atoms with E-state index in [1.165, 1.54) is 14.2 Å². The minimum absolute atomic E-state index is 0.0622. The number of hydrogen-bond donors (Lipinski definition) is 0. The first-order valence-electron chi connectivity index (χ1n) is 4.15. The summed E-state index contributed by atoms with van der Waals surface area (Å²) >= 11 is 0. The van der Waals surface area contributed by atoms with Crippen molar-refractivity contribution in [3.05, 3.63) is 0 Å². The van der Waals surface area contributed by atoms with Gasteiger partial charge in [0.05, 0.1) is 26.1 Å². The van der Waals surface area contributed by atoms with Gasteiger partial charge in [0.2, 0.25) is 0 Å². The van der Waals surface area contributed by atoms with Gasteiger partial charge in [-0.3, -0.25) is 9.59 Å². The largest absolute Gasteiger partial charge is 0.469 e. The molecule has 13 heavy (non-hydrogen) atoms. The molecule has 0 saturated heterocycles. The number of rotatable bonds is 4. The van der Waals surface area contributed by atoms with Crippen LogP contribution in [0.15, 0.2) is 0 Å². The molecule has 0 amide bonds. The van der Waals surface area contributed by atoms with Crippen LogP contribution in [0.2, 0.25) is 0 Å². The summed E-state index contributed by atoms with van der Waals surface area (Å²) in [5.41, 5.74) is -0.762. The Morgan fingerprint density at radius 1 is 1.23 bits per heavy atom. The minimum atomic E-state index is -0.762. The van der Waals surface area contributed by atoms with E-state index in [2.05, 4.69) is 9.47 Å². The monoisotopic (exact) mass is 188 g/mol. The van der Waals surface area contributed by atoms with E-state index in [-0.39, 0.29) is 12.4 Å². The summed E-state index contributed by atoms with van der Waals surface area (Å²) in [5, 5.41) is 0. The fourth-order valence-electron chi connectivity index (χ4n) is 0.979. The quantitative estimate of drug-likeness (QED) is 0.621. The molecule has 0 bridgehead atoms. The zero-order chi connectivity index (χ0) is 10.5. The number of ether oxygens (including phenoxy) is 2. The normalized spacial score (nSPS) is 14.5. The van der Waals surface area contributed by atoms with Crippen molar-refractivity contribution >= 4 is 11.9 Å². The average molecular weight is 188 g/mol. The molecule has 0 aromatic rings. The van der Waals surface area contributed by atoms with Crippen molar-refractivity contribution in [2.75, 3.05) is 14.2 Å². The molecule has 0 fully saturated rings. The molecule has 1 atom stereocenters. The van der Waals surface area contributed by atoms with Gasteiger partial charge in [-0.1, -0.05) is 6.92 Å². The summed E-state index contributed by atoms with van der Waals surface area (Å²) in [6.07, 6.45) is 0.613. The number of methoxy groups -OCH3 is 2. The van der Waals surface area contributed by atoms with E-state index in [1.54, 1.807) is 6.92 Å². The lowest BCUT2D eigenvalue weighted by Gasteiger charge is -2.23. The Kier molecular flexibility index (Phi) is 4.45. The third kappa shape index (κ3) is 3.05. The molecule has 4 heteroatoms. The molecule has 0 aliphatic heterocycles. The van der Waals surface area contributed by atoms with Crippen molar-refractivity contribution in [1.82, 2.24) is 0 Å². The van der Waals surface area contributed by atoms with Gasteiger partial charge in [-0.05, 0) is 13.3 Å². The van der Waals surface area contributed by atoms with Gasteiger partial charge < -0.3 is 9.47 Å². The molecule has 0 rings (SSSR count). The van der Waals surface area contributed by atoms with E-state index in [0.29, 0.717) is 6.42 Å². The van der Waals surface area contributed by atoms with Crippen molar-refractivity contribution in [3.63, 3.8) is 0 Å². The van der Waals surface area contributed by atoms with Crippen LogP contribution in [-0.2, 0) is 19.1 Å². The van der Waals surface area contributed by atoms with E-state index in [4.69, 9.17) is 0 Å². The van der Waals surface area contributed by atoms with Crippen LogP contribution in [0.5, 0.6) is 0 Å². The Bertz CT molecular complexity index is 200. The number of carbonyl (C=O) groups is 2. The van der Waals surface area contributed by atoms with Crippen molar-refractivity contribution < 1.29 is 19.1 Å². The lowest BCUT2D eigenvalue weighted by molar-refractivity contribution is -0.158. The molecular formula is C9H16O4. The zero-order valence-corrected chi connectivity index (χ0v) is 8.55. The van der Waals surface area contributed by atoms with Gasteiger partial charge in [0.15, 0.2) is 0 Å². The summed E-state index contributed by atoms with van der Waals surface area (Å²) in [4.78, 5) is 22.3. The SMILES string of the molecule is CCC(C)(CC(=O)OC)C(=O)OC. The smallest absolute Gasteiger partial charge is 0.312 e. The van der Waals surface area contributed by atoms with E-state index >= 15 is 0 Å². The van der Waals surface area contributed by atoms with E-state index in [0.717, 1.165) is 0 Å². The molecule has 4 nitrogen and oxygen atoms in total. The highest BCUT2D eigenvalue weighted by atomic mass is 16.5. The number of esters is 2. The average Bonchev–Trinajstić information content (AvgIpc) is 2.15. The third-order valence-corrected chi connectivity index (χ3v) is 2.22. The van der Waals surface area contributed by atoms with Crippen LogP contribution < -0.4 is 0 Å². The fraction of sp³-hybridized carbons (Fsp3) is 0.778. The molecule has 0 aromatic heterocycles. The molecule has 0 spiro atoms. The molecule has 76 valence electrons. The Morgan fingerprint density at radius 3 is 2.08 bits per heavy atom. The maximum atomic E-state index is 11.3. The van der Waals surface area contributed by atoms with Crippen molar-refractivity contribution in [2.45, 2.75) is 26.7 Å². The lowest BCUT2D eigenvalue weighted by atomic mass is 9.84. The highest BCUT2D eigenvalue weighted by Crippen LogP contribution is 2.27. The lowest BCUT2D eigenvalue weighted by Crippen LogP contribution is -2.31. The molecule has 1 unspecified atom stereocenters. The Hall–Kier alpha value is -1.06. The third-order valence-electron chi connectivity index (χ3n) is 2.22. The van der Waals surface area contributed by atoms with Crippen molar-refractivity contribution in [2.24, 2.45) is 5.41 Å². The van der Waals surface area contributed by atoms with Crippen LogP contribution in [0.25, 0.3) is 0 Å². The Morgan fingerprint density at radius 2 is 1.77 bits per heavy atom. The molecule has 0 aromatic carbocycles. The topological polar surface area (TPSA) is 52.6 Å². The number of carbonyl (C=O) groups excluding carboxylic acids is 2. The van der Waals surface area contributed by atoms with Gasteiger partial charge in [0, 0.05) is 0 Å². The maximum absolute atomic E-state index is 11.3. The first-order chi connectivity index (χ1) is 6.00. The second-order valence-corrected chi connectivity index (χ2v) is 3.16. The van der Waals surface area contributed by atoms with Crippen LogP contribution in [0.1, 0.15) is 26.7 Å². The number of hydrogen-bond acceptors (Lipinski definition) is 4. The maximum Gasteiger partial charge on any atom is 0.312 e. The predicted octanol–water partition coefficient (Wildman–Crippen LogP) is 1.14. The van der Waals surface area contributed by atoms with Gasteiger partial charge in [0.1, 0.15) is 0 Å². The van der Waals surface area contributed by atoms with Gasteiger partial charge in [-0.25, -0.2) is 0 Å². The molecule has 0 saturated carbocycles. The first-order valence-corrected chi connectivity index (χ1v) is 4.15. The fourth-order valence-corrected chi connectivity index (χ4v) is 0.979. The summed E-state index contributed by atoms with van der Waals surface area (Å²) in [7, 11) is 2.61. The second kappa shape index (κ2) is 4.84. The molecule has 0 heterocycles. The van der Waals surface area contributed by atoms with Crippen LogP contribution in [0.4, 0.5) is 0 Å². The molecule has 0 radical (unpaired) electrons. The zero-order valence-electron chi connectivity index (χ0n) is 8.55. The van der Waals surface area contributed by atoms with E-state index in [1.807, 2.05) is 6.92 Å². The molecular weight excluding hydrogens is 172 g/mol. The summed E-state index contributed by atoms with van der Waals surface area (Å²) in [6.45, 7) is 3.52. The summed E-state index contributed by atoms with van der Waals surface area (Å²) in [6, 6.07) is 0. The Labute approximate surface area is 78.2 Å². The van der Waals surface area contributed by atoms with Crippen LogP contribution in [0.3, 0.4) is 0 Å². The van der Waals surface area contributed by atoms with E-state index in [9.17, 15) is 9.59 Å². The first kappa shape index (κ1) is 11.9. The molecule has 0 aliphatic carbocycles. The van der Waals surface area contributed by atoms with Crippen LogP contribution >= 0.6 is 0 Å². The predicted molar refractivity (Wildman–Crippen MR) is 47.0 cm³/mol. The van der Waals surface area contributed by atoms with Crippen molar-refractivity contribution in [1.29, 1.82) is 0 Å². The van der Waals surface area contributed by atoms with Gasteiger partial charge >= 0.3 is 11.9 Å². The van der Waals surface area contributed by atoms with Gasteiger partial charge in [-0.2, -0.15) is 0 Å². The Balaban J connectivity index is 4.45. The standard InChI is InChI=1S/C9H16O4/c1-5-9(2,8(11)13-4)6-7(10)12-3/h5-6H2,1-4H3. The summed E-state index contributed by atoms with van der Waals surface area (Å²) in [5.74, 6) is -0.768. The molecule has 0 aliphatic rings. The highest BCUT2D eigenvalue weighted by Gasteiger charge is 2.35. The van der Waals surface area contributed by atoms with Crippen molar-refractivity contribution in [3.8, 4) is 0 Å².